The van der Waals surface area contributed by atoms with Crippen LogP contribution >= 0.6 is 0 Å². The number of sulfone groups is 1. The molecule has 26 heavy (non-hydrogen) atoms. The highest BCUT2D eigenvalue weighted by atomic mass is 32.2. The molecule has 0 aliphatic heterocycles. The zero-order valence-electron chi connectivity index (χ0n) is 14.8. The molecule has 0 amide bonds. The molecule has 0 fully saturated rings. The minimum absolute atomic E-state index is 0.0408. The van der Waals surface area contributed by atoms with Crippen molar-refractivity contribution in [2.45, 2.75) is 26.9 Å². The molecule has 3 rings (SSSR count). The summed E-state index contributed by atoms with van der Waals surface area (Å²) in [6, 6.07) is 4.83. The van der Waals surface area contributed by atoms with Gasteiger partial charge in [0.15, 0.2) is 9.84 Å². The Labute approximate surface area is 152 Å². The van der Waals surface area contributed by atoms with E-state index in [2.05, 4.69) is 10.1 Å². The summed E-state index contributed by atoms with van der Waals surface area (Å²) in [6.45, 7) is 4.31. The van der Waals surface area contributed by atoms with Crippen molar-refractivity contribution in [2.75, 3.05) is 11.5 Å². The number of hydrogen-bond acceptors (Lipinski definition) is 4. The summed E-state index contributed by atoms with van der Waals surface area (Å²) < 4.78 is 40.9. The van der Waals surface area contributed by atoms with E-state index in [0.29, 0.717) is 17.8 Å². The van der Waals surface area contributed by atoms with E-state index in [-0.39, 0.29) is 23.9 Å². The lowest BCUT2D eigenvalue weighted by atomic mass is 10.1. The number of imidazole rings is 1. The predicted octanol–water partition coefficient (Wildman–Crippen LogP) is 2.68. The van der Waals surface area contributed by atoms with Crippen molar-refractivity contribution in [2.24, 2.45) is 0 Å². The van der Waals surface area contributed by atoms with Crippen molar-refractivity contribution in [1.29, 1.82) is 0 Å². The zero-order chi connectivity index (χ0) is 18.7. The summed E-state index contributed by atoms with van der Waals surface area (Å²) >= 11 is 0. The highest BCUT2D eigenvalue weighted by molar-refractivity contribution is 7.91. The van der Waals surface area contributed by atoms with E-state index in [4.69, 9.17) is 0 Å². The van der Waals surface area contributed by atoms with Gasteiger partial charge in [0.2, 0.25) is 0 Å². The number of aryl methyl sites for hydroxylation is 2. The summed E-state index contributed by atoms with van der Waals surface area (Å²) in [6.07, 6.45) is 6.97. The summed E-state index contributed by atoms with van der Waals surface area (Å²) in [7, 11) is -3.06. The fourth-order valence-corrected chi connectivity index (χ4v) is 3.52. The van der Waals surface area contributed by atoms with E-state index in [1.54, 1.807) is 30.3 Å². The second-order valence-corrected chi connectivity index (χ2v) is 8.72. The SMILES string of the molecule is CCS(=O)(=O)CCn1cc(C)c(-c2cc(F)cc(Cn3ccnc3)c2)n1. The van der Waals surface area contributed by atoms with Gasteiger partial charge in [0.05, 0.1) is 24.3 Å². The third kappa shape index (κ3) is 4.37. The van der Waals surface area contributed by atoms with Gasteiger partial charge in [-0.15, -0.1) is 0 Å². The van der Waals surface area contributed by atoms with E-state index in [1.807, 2.05) is 23.8 Å². The molecule has 138 valence electrons. The molecule has 0 spiro atoms. The van der Waals surface area contributed by atoms with E-state index >= 15 is 0 Å². The molecule has 0 unspecified atom stereocenters. The maximum Gasteiger partial charge on any atom is 0.151 e. The molecule has 2 aromatic heterocycles. The Kier molecular flexibility index (Phi) is 5.22. The van der Waals surface area contributed by atoms with Crippen LogP contribution in [-0.4, -0.2) is 39.3 Å². The van der Waals surface area contributed by atoms with Gasteiger partial charge in [0.1, 0.15) is 5.82 Å². The zero-order valence-corrected chi connectivity index (χ0v) is 15.6. The number of nitrogens with zero attached hydrogens (tertiary/aromatic N) is 4. The third-order valence-electron chi connectivity index (χ3n) is 4.17. The first kappa shape index (κ1) is 18.3. The van der Waals surface area contributed by atoms with Gasteiger partial charge in [0, 0.05) is 36.5 Å². The van der Waals surface area contributed by atoms with Crippen LogP contribution in [0.4, 0.5) is 4.39 Å². The molecule has 0 saturated heterocycles. The topological polar surface area (TPSA) is 69.8 Å². The first-order chi connectivity index (χ1) is 12.4. The molecule has 8 heteroatoms. The lowest BCUT2D eigenvalue weighted by Crippen LogP contribution is -2.14. The smallest absolute Gasteiger partial charge is 0.151 e. The highest BCUT2D eigenvalue weighted by Crippen LogP contribution is 2.24. The number of aromatic nitrogens is 4. The van der Waals surface area contributed by atoms with Crippen LogP contribution in [0.2, 0.25) is 0 Å². The van der Waals surface area contributed by atoms with Crippen LogP contribution in [0.15, 0.2) is 43.1 Å². The van der Waals surface area contributed by atoms with Crippen molar-refractivity contribution in [1.82, 2.24) is 19.3 Å². The van der Waals surface area contributed by atoms with Gasteiger partial charge in [-0.2, -0.15) is 5.10 Å². The van der Waals surface area contributed by atoms with Crippen LogP contribution < -0.4 is 0 Å². The summed E-state index contributed by atoms with van der Waals surface area (Å²) in [5.41, 5.74) is 3.01. The Morgan fingerprint density at radius 1 is 1.23 bits per heavy atom. The monoisotopic (exact) mass is 376 g/mol. The Morgan fingerprint density at radius 3 is 2.73 bits per heavy atom. The van der Waals surface area contributed by atoms with E-state index in [9.17, 15) is 12.8 Å². The minimum Gasteiger partial charge on any atom is -0.333 e. The van der Waals surface area contributed by atoms with Crippen molar-refractivity contribution >= 4 is 9.84 Å². The number of rotatable bonds is 7. The van der Waals surface area contributed by atoms with Crippen LogP contribution in [0, 0.1) is 12.7 Å². The van der Waals surface area contributed by atoms with Gasteiger partial charge in [-0.1, -0.05) is 6.92 Å². The van der Waals surface area contributed by atoms with Crippen molar-refractivity contribution in [3.8, 4) is 11.3 Å². The van der Waals surface area contributed by atoms with Crippen LogP contribution in [-0.2, 0) is 22.9 Å². The highest BCUT2D eigenvalue weighted by Gasteiger charge is 2.13. The molecular weight excluding hydrogens is 355 g/mol. The first-order valence-electron chi connectivity index (χ1n) is 8.36. The molecule has 6 nitrogen and oxygen atoms in total. The average Bonchev–Trinajstić information content (AvgIpc) is 3.22. The van der Waals surface area contributed by atoms with Crippen molar-refractivity contribution < 1.29 is 12.8 Å². The fourth-order valence-electron chi connectivity index (χ4n) is 2.77. The Bertz CT molecular complexity index is 994. The lowest BCUT2D eigenvalue weighted by Gasteiger charge is -2.06. The number of benzene rings is 1. The number of hydrogen-bond donors (Lipinski definition) is 0. The molecular formula is C18H21FN4O2S. The van der Waals surface area contributed by atoms with E-state index in [1.165, 1.54) is 12.1 Å². The van der Waals surface area contributed by atoms with Crippen molar-refractivity contribution in [3.05, 3.63) is 60.1 Å². The summed E-state index contributed by atoms with van der Waals surface area (Å²) in [5.74, 6) is -0.180. The maximum atomic E-state index is 14.1. The quantitative estimate of drug-likeness (QED) is 0.636. The van der Waals surface area contributed by atoms with Gasteiger partial charge in [0.25, 0.3) is 0 Å². The summed E-state index contributed by atoms with van der Waals surface area (Å²) in [5, 5.41) is 4.46. The Hall–Kier alpha value is -2.48. The van der Waals surface area contributed by atoms with Gasteiger partial charge < -0.3 is 4.57 Å². The first-order valence-corrected chi connectivity index (χ1v) is 10.2. The Morgan fingerprint density at radius 2 is 2.04 bits per heavy atom. The van der Waals surface area contributed by atoms with Gasteiger partial charge in [-0.3, -0.25) is 4.68 Å². The molecule has 2 heterocycles. The lowest BCUT2D eigenvalue weighted by molar-refractivity contribution is 0.582. The van der Waals surface area contributed by atoms with Crippen LogP contribution in [0.25, 0.3) is 11.3 Å². The second-order valence-electron chi connectivity index (χ2n) is 6.24. The molecule has 0 aliphatic rings. The molecule has 0 aliphatic carbocycles. The molecule has 0 radical (unpaired) electrons. The van der Waals surface area contributed by atoms with Crippen molar-refractivity contribution in [3.63, 3.8) is 0 Å². The number of halogens is 1. The molecule has 3 aromatic rings. The normalized spacial score (nSPS) is 11.8. The maximum absolute atomic E-state index is 14.1. The van der Waals surface area contributed by atoms with E-state index < -0.39 is 9.84 Å². The van der Waals surface area contributed by atoms with Crippen LogP contribution in [0.3, 0.4) is 0 Å². The molecule has 0 saturated carbocycles. The summed E-state index contributed by atoms with van der Waals surface area (Å²) in [4.78, 5) is 3.99. The molecule has 0 N–H and O–H groups in total. The standard InChI is InChI=1S/C18H21FN4O2S/c1-3-26(24,25)7-6-23-11-14(2)18(21-23)16-8-15(9-17(19)10-16)12-22-5-4-20-13-22/h4-5,8-11,13H,3,6-7,12H2,1-2H3. The van der Waals surface area contributed by atoms with Gasteiger partial charge >= 0.3 is 0 Å². The van der Waals surface area contributed by atoms with Gasteiger partial charge in [-0.25, -0.2) is 17.8 Å². The predicted molar refractivity (Wildman–Crippen MR) is 98.0 cm³/mol. The van der Waals surface area contributed by atoms with Gasteiger partial charge in [-0.05, 0) is 36.2 Å². The largest absolute Gasteiger partial charge is 0.333 e. The third-order valence-corrected chi connectivity index (χ3v) is 5.86. The molecule has 0 atom stereocenters. The van der Waals surface area contributed by atoms with Crippen LogP contribution in [0.5, 0.6) is 0 Å². The fraction of sp³-hybridized carbons (Fsp3) is 0.333. The second kappa shape index (κ2) is 7.41. The Balaban J connectivity index is 1.85. The average molecular weight is 376 g/mol. The molecule has 1 aromatic carbocycles. The van der Waals surface area contributed by atoms with Crippen LogP contribution in [0.1, 0.15) is 18.1 Å². The van der Waals surface area contributed by atoms with E-state index in [0.717, 1.165) is 11.1 Å². The molecule has 0 bridgehead atoms. The minimum atomic E-state index is -3.06.